The predicted octanol–water partition coefficient (Wildman–Crippen LogP) is 1.33. The number of amides is 1. The molecular weight excluding hydrogens is 186 g/mol. The van der Waals surface area contributed by atoms with Crippen LogP contribution < -0.4 is 5.32 Å². The number of carbonyl (C=O) groups is 1. The molecule has 0 unspecified atom stereocenters. The van der Waals surface area contributed by atoms with E-state index in [1.165, 1.54) is 11.8 Å². The highest BCUT2D eigenvalue weighted by Crippen LogP contribution is 2.19. The second-order valence-electron chi connectivity index (χ2n) is 3.01. The van der Waals surface area contributed by atoms with Crippen molar-refractivity contribution in [2.24, 2.45) is 0 Å². The van der Waals surface area contributed by atoms with Crippen LogP contribution in [0.25, 0.3) is 0 Å². The lowest BCUT2D eigenvalue weighted by Crippen LogP contribution is -2.30. The quantitative estimate of drug-likeness (QED) is 0.727. The van der Waals surface area contributed by atoms with E-state index in [9.17, 15) is 4.79 Å². The van der Waals surface area contributed by atoms with Gasteiger partial charge < -0.3 is 5.32 Å². The van der Waals surface area contributed by atoms with Crippen LogP contribution in [0.4, 0.5) is 4.79 Å². The lowest BCUT2D eigenvalue weighted by molar-refractivity contribution is 0.240. The molecule has 1 fully saturated rings. The molecule has 0 bridgehead atoms. The Morgan fingerprint density at radius 1 is 1.77 bits per heavy atom. The van der Waals surface area contributed by atoms with Crippen molar-refractivity contribution in [1.82, 2.24) is 14.9 Å². The van der Waals surface area contributed by atoms with Crippen molar-refractivity contribution in [3.8, 4) is 0 Å². The summed E-state index contributed by atoms with van der Waals surface area (Å²) in [6.45, 7) is 0. The van der Waals surface area contributed by atoms with Crippen LogP contribution in [0.1, 0.15) is 12.8 Å². The van der Waals surface area contributed by atoms with Gasteiger partial charge >= 0.3 is 6.03 Å². The number of hydrogen-bond acceptors (Lipinski definition) is 3. The summed E-state index contributed by atoms with van der Waals surface area (Å²) in [4.78, 5) is 15.6. The van der Waals surface area contributed by atoms with Crippen LogP contribution in [0.2, 0.25) is 0 Å². The molecule has 1 aromatic heterocycles. The van der Waals surface area contributed by atoms with Crippen LogP contribution in [-0.4, -0.2) is 27.9 Å². The Hall–Kier alpha value is -0.970. The second kappa shape index (κ2) is 3.41. The largest absolute Gasteiger partial charge is 0.335 e. The molecule has 2 rings (SSSR count). The van der Waals surface area contributed by atoms with Gasteiger partial charge in [-0.3, -0.25) is 0 Å². The van der Waals surface area contributed by atoms with Crippen molar-refractivity contribution in [2.45, 2.75) is 24.0 Å². The van der Waals surface area contributed by atoms with Gasteiger partial charge in [-0.05, 0) is 19.1 Å². The Balaban J connectivity index is 2.08. The van der Waals surface area contributed by atoms with E-state index in [1.54, 1.807) is 17.0 Å². The van der Waals surface area contributed by atoms with Gasteiger partial charge in [-0.1, -0.05) is 11.8 Å². The Kier molecular flexibility index (Phi) is 2.26. The maximum Gasteiger partial charge on any atom is 0.327 e. The normalized spacial score (nSPS) is 15.8. The lowest BCUT2D eigenvalue weighted by Gasteiger charge is -2.05. The molecule has 1 aromatic rings. The topological polar surface area (TPSA) is 46.9 Å². The number of aromatic nitrogens is 2. The summed E-state index contributed by atoms with van der Waals surface area (Å²) >= 11 is 1.47. The highest BCUT2D eigenvalue weighted by atomic mass is 32.2. The zero-order valence-electron chi connectivity index (χ0n) is 7.36. The van der Waals surface area contributed by atoms with Crippen LogP contribution in [0.3, 0.4) is 0 Å². The second-order valence-corrected chi connectivity index (χ2v) is 3.78. The van der Waals surface area contributed by atoms with Crippen molar-refractivity contribution in [1.29, 1.82) is 0 Å². The maximum atomic E-state index is 11.5. The van der Waals surface area contributed by atoms with Gasteiger partial charge in [0.25, 0.3) is 0 Å². The minimum Gasteiger partial charge on any atom is -0.335 e. The number of nitrogens with zero attached hydrogens (tertiary/aromatic N) is 2. The number of carbonyl (C=O) groups excluding carboxylic acids is 1. The molecule has 0 aromatic carbocycles. The molecule has 70 valence electrons. The lowest BCUT2D eigenvalue weighted by atomic mass is 10.7. The maximum absolute atomic E-state index is 11.5. The summed E-state index contributed by atoms with van der Waals surface area (Å²) in [5, 5.41) is 3.64. The SMILES string of the molecule is CSc1nccn1C(=O)NC1CC1. The number of rotatable bonds is 2. The Labute approximate surface area is 80.7 Å². The van der Waals surface area contributed by atoms with Crippen molar-refractivity contribution < 1.29 is 4.79 Å². The molecule has 1 aliphatic carbocycles. The average molecular weight is 197 g/mol. The molecule has 1 amide bonds. The Morgan fingerprint density at radius 2 is 2.54 bits per heavy atom. The van der Waals surface area contributed by atoms with E-state index in [2.05, 4.69) is 10.3 Å². The Bertz CT molecular complexity index is 319. The summed E-state index contributed by atoms with van der Waals surface area (Å²) in [6, 6.07) is 0.328. The van der Waals surface area contributed by atoms with Gasteiger partial charge in [0, 0.05) is 18.4 Å². The molecule has 0 aliphatic heterocycles. The summed E-state index contributed by atoms with van der Waals surface area (Å²) in [5.41, 5.74) is 0. The van der Waals surface area contributed by atoms with E-state index >= 15 is 0 Å². The molecule has 1 N–H and O–H groups in total. The molecule has 1 heterocycles. The molecule has 1 aliphatic rings. The van der Waals surface area contributed by atoms with E-state index in [0.29, 0.717) is 6.04 Å². The monoisotopic (exact) mass is 197 g/mol. The standard InChI is InChI=1S/C8H11N3OS/c1-13-8-9-4-5-11(8)7(12)10-6-2-3-6/h4-6H,2-3H2,1H3,(H,10,12). The predicted molar refractivity (Wildman–Crippen MR) is 51.0 cm³/mol. The molecule has 0 saturated heterocycles. The van der Waals surface area contributed by atoms with Crippen molar-refractivity contribution in [3.05, 3.63) is 12.4 Å². The molecule has 13 heavy (non-hydrogen) atoms. The molecule has 0 atom stereocenters. The highest BCUT2D eigenvalue weighted by molar-refractivity contribution is 7.98. The smallest absolute Gasteiger partial charge is 0.327 e. The van der Waals surface area contributed by atoms with Gasteiger partial charge in [-0.2, -0.15) is 0 Å². The first-order valence-corrected chi connectivity index (χ1v) is 5.42. The summed E-state index contributed by atoms with van der Waals surface area (Å²) in [7, 11) is 0. The third-order valence-corrected chi connectivity index (χ3v) is 2.58. The molecule has 0 radical (unpaired) electrons. The van der Waals surface area contributed by atoms with E-state index < -0.39 is 0 Å². The van der Waals surface area contributed by atoms with E-state index in [0.717, 1.165) is 18.0 Å². The fourth-order valence-corrected chi connectivity index (χ4v) is 1.57. The molecular formula is C8H11N3OS. The third kappa shape index (κ3) is 1.85. The third-order valence-electron chi connectivity index (χ3n) is 1.91. The van der Waals surface area contributed by atoms with E-state index in [1.807, 2.05) is 6.26 Å². The summed E-state index contributed by atoms with van der Waals surface area (Å²) in [6.07, 6.45) is 7.44. The number of thioether (sulfide) groups is 1. The number of hydrogen-bond donors (Lipinski definition) is 1. The molecule has 5 heteroatoms. The fraction of sp³-hybridized carbons (Fsp3) is 0.500. The van der Waals surface area contributed by atoms with Gasteiger partial charge in [0.05, 0.1) is 0 Å². The average Bonchev–Trinajstić information content (AvgIpc) is 2.82. The Morgan fingerprint density at radius 3 is 3.15 bits per heavy atom. The van der Waals surface area contributed by atoms with Crippen LogP contribution in [0.15, 0.2) is 17.6 Å². The first-order chi connectivity index (χ1) is 6.31. The van der Waals surface area contributed by atoms with Crippen molar-refractivity contribution in [3.63, 3.8) is 0 Å². The first kappa shape index (κ1) is 8.62. The van der Waals surface area contributed by atoms with Gasteiger partial charge in [-0.15, -0.1) is 0 Å². The minimum absolute atomic E-state index is 0.0654. The van der Waals surface area contributed by atoms with Gasteiger partial charge in [0.2, 0.25) is 0 Å². The van der Waals surface area contributed by atoms with Crippen LogP contribution >= 0.6 is 11.8 Å². The zero-order valence-corrected chi connectivity index (χ0v) is 8.17. The molecule has 1 saturated carbocycles. The first-order valence-electron chi connectivity index (χ1n) is 4.19. The summed E-state index contributed by atoms with van der Waals surface area (Å²) < 4.78 is 1.54. The fourth-order valence-electron chi connectivity index (χ4n) is 1.07. The van der Waals surface area contributed by atoms with Crippen molar-refractivity contribution >= 4 is 17.8 Å². The van der Waals surface area contributed by atoms with Crippen molar-refractivity contribution in [2.75, 3.05) is 6.26 Å². The van der Waals surface area contributed by atoms with Crippen LogP contribution in [0.5, 0.6) is 0 Å². The zero-order chi connectivity index (χ0) is 9.26. The minimum atomic E-state index is -0.0654. The highest BCUT2D eigenvalue weighted by Gasteiger charge is 2.24. The van der Waals surface area contributed by atoms with Gasteiger partial charge in [0.15, 0.2) is 5.16 Å². The van der Waals surface area contributed by atoms with Crippen LogP contribution in [0, 0.1) is 0 Å². The van der Waals surface area contributed by atoms with Gasteiger partial charge in [-0.25, -0.2) is 14.3 Å². The van der Waals surface area contributed by atoms with E-state index in [4.69, 9.17) is 0 Å². The van der Waals surface area contributed by atoms with E-state index in [-0.39, 0.29) is 6.03 Å². The molecule has 4 nitrogen and oxygen atoms in total. The molecule has 0 spiro atoms. The summed E-state index contributed by atoms with van der Waals surface area (Å²) in [5.74, 6) is 0. The number of imidazole rings is 1. The van der Waals surface area contributed by atoms with Crippen LogP contribution in [-0.2, 0) is 0 Å². The van der Waals surface area contributed by atoms with Gasteiger partial charge in [0.1, 0.15) is 0 Å². The number of nitrogens with one attached hydrogen (secondary N) is 1.